The smallest absolute Gasteiger partial charge is 0.243 e. The first-order valence-electron chi connectivity index (χ1n) is 8.15. The van der Waals surface area contributed by atoms with Crippen LogP contribution in [0.25, 0.3) is 0 Å². The first-order valence-corrected chi connectivity index (χ1v) is 8.15. The van der Waals surface area contributed by atoms with Crippen LogP contribution in [0.15, 0.2) is 4.99 Å². The van der Waals surface area contributed by atoms with Gasteiger partial charge >= 0.3 is 0 Å². The maximum atomic E-state index is 11.7. The van der Waals surface area contributed by atoms with Gasteiger partial charge in [-0.05, 0) is 31.6 Å². The number of hydrogen-bond acceptors (Lipinski definition) is 2. The zero-order valence-corrected chi connectivity index (χ0v) is 17.1. The standard InChI is InChI=1S/C16H32N4O.HI/c1-6-9-16(3)10-8-11-20(13-16)15(17-7-2)18-12-14(21)19(4)5;/h6-13H2,1-5H3,(H,17,18);1H. The van der Waals surface area contributed by atoms with Crippen LogP contribution in [0.3, 0.4) is 0 Å². The first-order chi connectivity index (χ1) is 9.91. The molecule has 0 saturated carbocycles. The van der Waals surface area contributed by atoms with Gasteiger partial charge < -0.3 is 15.1 Å². The Bertz CT molecular complexity index is 369. The molecule has 1 atom stereocenters. The first kappa shape index (κ1) is 21.5. The second-order valence-electron chi connectivity index (χ2n) is 6.54. The second kappa shape index (κ2) is 10.3. The van der Waals surface area contributed by atoms with E-state index in [4.69, 9.17) is 0 Å². The van der Waals surface area contributed by atoms with Gasteiger partial charge in [0.25, 0.3) is 0 Å². The predicted molar refractivity (Wildman–Crippen MR) is 104 cm³/mol. The Morgan fingerprint density at radius 2 is 2.05 bits per heavy atom. The zero-order valence-electron chi connectivity index (χ0n) is 14.8. The van der Waals surface area contributed by atoms with E-state index >= 15 is 0 Å². The van der Waals surface area contributed by atoms with Crippen molar-refractivity contribution in [2.24, 2.45) is 10.4 Å². The molecule has 22 heavy (non-hydrogen) atoms. The zero-order chi connectivity index (χ0) is 15.9. The number of rotatable bonds is 5. The van der Waals surface area contributed by atoms with Crippen molar-refractivity contribution in [2.75, 3.05) is 40.3 Å². The van der Waals surface area contributed by atoms with Gasteiger partial charge in [0.15, 0.2) is 5.96 Å². The van der Waals surface area contributed by atoms with Crippen LogP contribution in [0.5, 0.6) is 0 Å². The molecule has 0 aliphatic carbocycles. The number of amides is 1. The lowest BCUT2D eigenvalue weighted by Gasteiger charge is -2.42. The van der Waals surface area contributed by atoms with E-state index in [1.807, 2.05) is 0 Å². The summed E-state index contributed by atoms with van der Waals surface area (Å²) in [5, 5.41) is 3.33. The number of aliphatic imine (C=N–C) groups is 1. The summed E-state index contributed by atoms with van der Waals surface area (Å²) in [5.74, 6) is 0.925. The van der Waals surface area contributed by atoms with Crippen LogP contribution in [-0.2, 0) is 4.79 Å². The van der Waals surface area contributed by atoms with Gasteiger partial charge in [-0.25, -0.2) is 4.99 Å². The number of likely N-dealkylation sites (N-methyl/N-ethyl adjacent to an activating group) is 1. The van der Waals surface area contributed by atoms with Crippen molar-refractivity contribution in [3.63, 3.8) is 0 Å². The van der Waals surface area contributed by atoms with Gasteiger partial charge in [-0.3, -0.25) is 4.79 Å². The lowest BCUT2D eigenvalue weighted by molar-refractivity contribution is -0.127. The van der Waals surface area contributed by atoms with Crippen LogP contribution in [0.2, 0.25) is 0 Å². The minimum atomic E-state index is 0. The molecule has 1 unspecified atom stereocenters. The van der Waals surface area contributed by atoms with E-state index in [1.54, 1.807) is 19.0 Å². The number of carbonyl (C=O) groups is 1. The number of halogens is 1. The van der Waals surface area contributed by atoms with Crippen molar-refractivity contribution >= 4 is 35.8 Å². The molecule has 0 aromatic rings. The van der Waals surface area contributed by atoms with Gasteiger partial charge in [0.05, 0.1) is 0 Å². The molecule has 6 heteroatoms. The molecule has 1 fully saturated rings. The third-order valence-corrected chi connectivity index (χ3v) is 4.13. The van der Waals surface area contributed by atoms with Gasteiger partial charge in [0.2, 0.25) is 5.91 Å². The quantitative estimate of drug-likeness (QED) is 0.419. The lowest BCUT2D eigenvalue weighted by atomic mass is 9.78. The third-order valence-electron chi connectivity index (χ3n) is 4.13. The predicted octanol–water partition coefficient (Wildman–Crippen LogP) is 2.56. The molecule has 5 nitrogen and oxygen atoms in total. The molecule has 1 rings (SSSR count). The van der Waals surface area contributed by atoms with Crippen LogP contribution >= 0.6 is 24.0 Å². The molecule has 1 heterocycles. The number of guanidine groups is 1. The Hall–Kier alpha value is -0.530. The largest absolute Gasteiger partial charge is 0.357 e. The molecule has 1 aliphatic rings. The van der Waals surface area contributed by atoms with Gasteiger partial charge in [0, 0.05) is 33.7 Å². The van der Waals surface area contributed by atoms with Crippen LogP contribution < -0.4 is 5.32 Å². The van der Waals surface area contributed by atoms with Gasteiger partial charge in [0.1, 0.15) is 6.54 Å². The second-order valence-corrected chi connectivity index (χ2v) is 6.54. The number of carbonyl (C=O) groups excluding carboxylic acids is 1. The molecule has 0 radical (unpaired) electrons. The fraction of sp³-hybridized carbons (Fsp3) is 0.875. The highest BCUT2D eigenvalue weighted by Crippen LogP contribution is 2.33. The molecule has 130 valence electrons. The Labute approximate surface area is 152 Å². The van der Waals surface area contributed by atoms with Crippen molar-refractivity contribution in [3.8, 4) is 0 Å². The van der Waals surface area contributed by atoms with Gasteiger partial charge in [-0.15, -0.1) is 24.0 Å². The summed E-state index contributed by atoms with van der Waals surface area (Å²) in [4.78, 5) is 20.2. The van der Waals surface area contributed by atoms with E-state index in [-0.39, 0.29) is 36.4 Å². The summed E-state index contributed by atoms with van der Waals surface area (Å²) in [6.45, 7) is 9.80. The van der Waals surface area contributed by atoms with Gasteiger partial charge in [-0.1, -0.05) is 20.3 Å². The number of piperidine rings is 1. The summed E-state index contributed by atoms with van der Waals surface area (Å²) in [6, 6.07) is 0. The normalized spacial score (nSPS) is 22.0. The average Bonchev–Trinajstić information content (AvgIpc) is 2.42. The van der Waals surface area contributed by atoms with Crippen molar-refractivity contribution < 1.29 is 4.79 Å². The minimum absolute atomic E-state index is 0. The van der Waals surface area contributed by atoms with Crippen molar-refractivity contribution in [2.45, 2.75) is 46.5 Å². The van der Waals surface area contributed by atoms with E-state index < -0.39 is 0 Å². The molecule has 0 spiro atoms. The lowest BCUT2D eigenvalue weighted by Crippen LogP contribution is -2.50. The Morgan fingerprint density at radius 1 is 1.36 bits per heavy atom. The van der Waals surface area contributed by atoms with Crippen molar-refractivity contribution in [3.05, 3.63) is 0 Å². The molecule has 0 aromatic carbocycles. The Kier molecular flexibility index (Phi) is 10.0. The fourth-order valence-corrected chi connectivity index (χ4v) is 3.01. The number of hydrogen-bond donors (Lipinski definition) is 1. The van der Waals surface area contributed by atoms with Crippen LogP contribution in [0.1, 0.15) is 46.5 Å². The van der Waals surface area contributed by atoms with Crippen LogP contribution in [0, 0.1) is 5.41 Å². The summed E-state index contributed by atoms with van der Waals surface area (Å²) in [5.41, 5.74) is 0.370. The molecule has 1 N–H and O–H groups in total. The molecule has 1 amide bonds. The monoisotopic (exact) mass is 424 g/mol. The molecular weight excluding hydrogens is 391 g/mol. The maximum Gasteiger partial charge on any atom is 0.243 e. The van der Waals surface area contributed by atoms with E-state index in [0.717, 1.165) is 25.6 Å². The number of nitrogens with one attached hydrogen (secondary N) is 1. The highest BCUT2D eigenvalue weighted by atomic mass is 127. The minimum Gasteiger partial charge on any atom is -0.357 e. The van der Waals surface area contributed by atoms with E-state index in [2.05, 4.69) is 36.0 Å². The Morgan fingerprint density at radius 3 is 2.59 bits per heavy atom. The average molecular weight is 424 g/mol. The Balaban J connectivity index is 0.00000441. The molecule has 0 bridgehead atoms. The highest BCUT2D eigenvalue weighted by molar-refractivity contribution is 14.0. The maximum absolute atomic E-state index is 11.7. The summed E-state index contributed by atoms with van der Waals surface area (Å²) < 4.78 is 0. The third kappa shape index (κ3) is 6.71. The van der Waals surface area contributed by atoms with Crippen molar-refractivity contribution in [1.82, 2.24) is 15.1 Å². The topological polar surface area (TPSA) is 47.9 Å². The molecular formula is C16H33IN4O. The number of nitrogens with zero attached hydrogens (tertiary/aromatic N) is 3. The van der Waals surface area contributed by atoms with E-state index in [1.165, 1.54) is 25.7 Å². The van der Waals surface area contributed by atoms with E-state index in [0.29, 0.717) is 5.41 Å². The fourth-order valence-electron chi connectivity index (χ4n) is 3.01. The molecule has 0 aromatic heterocycles. The summed E-state index contributed by atoms with van der Waals surface area (Å²) >= 11 is 0. The number of likely N-dealkylation sites (tertiary alicyclic amines) is 1. The van der Waals surface area contributed by atoms with Gasteiger partial charge in [-0.2, -0.15) is 0 Å². The van der Waals surface area contributed by atoms with Crippen LogP contribution in [0.4, 0.5) is 0 Å². The summed E-state index contributed by atoms with van der Waals surface area (Å²) in [7, 11) is 3.54. The summed E-state index contributed by atoms with van der Waals surface area (Å²) in [6.07, 6.45) is 4.95. The molecule has 1 aliphatic heterocycles. The van der Waals surface area contributed by atoms with Crippen LogP contribution in [-0.4, -0.2) is 61.9 Å². The highest BCUT2D eigenvalue weighted by Gasteiger charge is 2.31. The SMILES string of the molecule is CCCC1(C)CCCN(C(=NCC(=O)N(C)C)NCC)C1.I. The van der Waals surface area contributed by atoms with Crippen molar-refractivity contribution in [1.29, 1.82) is 0 Å². The molecule has 1 saturated heterocycles. The van der Waals surface area contributed by atoms with E-state index in [9.17, 15) is 4.79 Å².